The maximum Gasteiger partial charge on any atom is 0.311 e. The molecule has 2 heterocycles. The summed E-state index contributed by atoms with van der Waals surface area (Å²) in [5, 5.41) is 0. The monoisotopic (exact) mass is 784 g/mol. The number of likely N-dealkylation sites (tertiary alicyclic amines) is 1. The number of rotatable bonds is 16. The highest BCUT2D eigenvalue weighted by Crippen LogP contribution is 2.39. The van der Waals surface area contributed by atoms with Crippen LogP contribution in [0.5, 0.6) is 0 Å². The smallest absolute Gasteiger partial charge is 0.311 e. The molecule has 0 radical (unpaired) electrons. The molecule has 0 amide bonds. The maximum atomic E-state index is 13.9. The molecular formula is C42H73NO12. The van der Waals surface area contributed by atoms with Crippen molar-refractivity contribution >= 4 is 29.7 Å². The normalized spacial score (nSPS) is 26.2. The van der Waals surface area contributed by atoms with Crippen molar-refractivity contribution in [2.45, 2.75) is 198 Å². The number of nitrogens with zero attached hydrogens (tertiary/aromatic N) is 1. The van der Waals surface area contributed by atoms with E-state index in [1.165, 1.54) is 0 Å². The number of hydrogen-bond acceptors (Lipinski definition) is 13. The molecule has 1 unspecified atom stereocenters. The topological polar surface area (TPSA) is 153 Å². The van der Waals surface area contributed by atoms with Gasteiger partial charge in [0.15, 0.2) is 30.8 Å². The summed E-state index contributed by atoms with van der Waals surface area (Å²) in [6, 6.07) is -0.648. The van der Waals surface area contributed by atoms with Crippen molar-refractivity contribution in [3.63, 3.8) is 0 Å². The van der Waals surface area contributed by atoms with Gasteiger partial charge in [-0.05, 0) is 123 Å². The zero-order valence-corrected chi connectivity index (χ0v) is 36.5. The Balaban J connectivity index is 2.81. The van der Waals surface area contributed by atoms with Gasteiger partial charge in [-0.15, -0.1) is 0 Å². The lowest BCUT2D eigenvalue weighted by Crippen LogP contribution is -2.70. The van der Waals surface area contributed by atoms with Gasteiger partial charge in [-0.1, -0.05) is 13.3 Å². The van der Waals surface area contributed by atoms with Crippen molar-refractivity contribution in [3.8, 4) is 0 Å². The van der Waals surface area contributed by atoms with Gasteiger partial charge >= 0.3 is 23.9 Å². The number of Topliss-reactive ketones (excluding diaryl/α,β-unsaturated/α-hetero) is 1. The number of ether oxygens (including phenoxy) is 7. The van der Waals surface area contributed by atoms with E-state index in [4.69, 9.17) is 33.2 Å². The number of esters is 4. The van der Waals surface area contributed by atoms with Crippen molar-refractivity contribution < 1.29 is 57.1 Å². The number of piperidine rings is 1. The van der Waals surface area contributed by atoms with Gasteiger partial charge in [0.2, 0.25) is 0 Å². The molecule has 318 valence electrons. The Kier molecular flexibility index (Phi) is 17.8. The summed E-state index contributed by atoms with van der Waals surface area (Å²) in [6.45, 7) is 26.9. The van der Waals surface area contributed by atoms with Crippen molar-refractivity contribution in [1.82, 2.24) is 4.90 Å². The first-order chi connectivity index (χ1) is 25.2. The summed E-state index contributed by atoms with van der Waals surface area (Å²) in [6.07, 6.45) is -2.66. The molecular weight excluding hydrogens is 710 g/mol. The van der Waals surface area contributed by atoms with Crippen LogP contribution in [0, 0.1) is 21.7 Å². The molecule has 55 heavy (non-hydrogen) atoms. The van der Waals surface area contributed by atoms with Crippen LogP contribution in [0.2, 0.25) is 0 Å². The van der Waals surface area contributed by atoms with E-state index in [0.29, 0.717) is 38.9 Å². The molecule has 2 rings (SSSR count). The third-order valence-corrected chi connectivity index (χ3v) is 9.54. The van der Waals surface area contributed by atoms with Crippen LogP contribution in [-0.4, -0.2) is 103 Å². The zero-order chi connectivity index (χ0) is 42.1. The van der Waals surface area contributed by atoms with Crippen LogP contribution >= 0.6 is 0 Å². The highest BCUT2D eigenvalue weighted by Gasteiger charge is 2.58. The van der Waals surface area contributed by atoms with Gasteiger partial charge in [0.25, 0.3) is 0 Å². The Morgan fingerprint density at radius 2 is 1.15 bits per heavy atom. The van der Waals surface area contributed by atoms with E-state index in [-0.39, 0.29) is 43.6 Å². The van der Waals surface area contributed by atoms with Crippen LogP contribution in [-0.2, 0) is 57.1 Å². The third kappa shape index (κ3) is 14.7. The second-order valence-corrected chi connectivity index (χ2v) is 19.2. The van der Waals surface area contributed by atoms with Gasteiger partial charge in [0.1, 0.15) is 18.5 Å². The summed E-state index contributed by atoms with van der Waals surface area (Å²) < 4.78 is 42.9. The van der Waals surface area contributed by atoms with E-state index in [9.17, 15) is 24.0 Å². The van der Waals surface area contributed by atoms with Gasteiger partial charge in [0.05, 0.1) is 21.7 Å². The van der Waals surface area contributed by atoms with Gasteiger partial charge < -0.3 is 33.2 Å². The van der Waals surface area contributed by atoms with Crippen LogP contribution in [0.3, 0.4) is 0 Å². The van der Waals surface area contributed by atoms with Crippen LogP contribution in [0.25, 0.3) is 0 Å². The molecule has 0 aliphatic carbocycles. The molecule has 0 N–H and O–H groups in total. The quantitative estimate of drug-likeness (QED) is 0.0688. The Morgan fingerprint density at radius 1 is 0.673 bits per heavy atom. The van der Waals surface area contributed by atoms with Gasteiger partial charge in [-0.3, -0.25) is 28.9 Å². The standard InChI is InChI=1S/C42H73NO12/c1-16-20-27-23-29(44)24-28(21-18-19-22-50-26(3)49-17-2)43(27)34-33(55-38(48)42(13,14)15)32(54-37(47)41(10,11)12)31(53-36(46)40(7,8)9)30(52-34)25-51-35(45)39(4,5)6/h26-28,30-34H,16-25H2,1-15H3/t26?,27-,28+,30-,31+,32+,33-,34-/m1/s1. The Hall–Kier alpha value is -2.61. The Bertz CT molecular complexity index is 1290. The lowest BCUT2D eigenvalue weighted by Gasteiger charge is -2.53. The Morgan fingerprint density at radius 3 is 1.62 bits per heavy atom. The van der Waals surface area contributed by atoms with Gasteiger partial charge in [-0.25, -0.2) is 0 Å². The second-order valence-electron chi connectivity index (χ2n) is 19.2. The van der Waals surface area contributed by atoms with Crippen LogP contribution in [0.15, 0.2) is 0 Å². The maximum absolute atomic E-state index is 13.9. The first-order valence-corrected chi connectivity index (χ1v) is 20.2. The molecule has 13 heteroatoms. The van der Waals surface area contributed by atoms with Crippen molar-refractivity contribution in [3.05, 3.63) is 0 Å². The summed E-state index contributed by atoms with van der Waals surface area (Å²) in [7, 11) is 0. The third-order valence-electron chi connectivity index (χ3n) is 9.54. The molecule has 0 aromatic carbocycles. The van der Waals surface area contributed by atoms with E-state index in [0.717, 1.165) is 6.42 Å². The second kappa shape index (κ2) is 20.2. The molecule has 0 bridgehead atoms. The van der Waals surface area contributed by atoms with Crippen LogP contribution in [0.1, 0.15) is 149 Å². The largest absolute Gasteiger partial charge is 0.462 e. The number of ketones is 1. The first-order valence-electron chi connectivity index (χ1n) is 20.2. The SMILES string of the molecule is CCC[C@@H]1CC(=O)C[C@H](CCCCOC(C)OCC)N1[C@@H]1O[C@H](COC(=O)C(C)(C)C)[C@H](OC(=O)C(C)(C)C)[C@H](OC(=O)C(C)(C)C)[C@H]1OC(=O)C(C)(C)C. The van der Waals surface area contributed by atoms with Crippen molar-refractivity contribution in [1.29, 1.82) is 0 Å². The van der Waals surface area contributed by atoms with E-state index in [2.05, 4.69) is 4.90 Å². The van der Waals surface area contributed by atoms with E-state index in [1.807, 2.05) is 20.8 Å². The minimum absolute atomic E-state index is 0.114. The first kappa shape index (κ1) is 48.5. The number of carbonyl (C=O) groups is 5. The number of unbranched alkanes of at least 4 members (excludes halogenated alkanes) is 1. The van der Waals surface area contributed by atoms with Crippen molar-refractivity contribution in [2.75, 3.05) is 19.8 Å². The summed E-state index contributed by atoms with van der Waals surface area (Å²) in [5.41, 5.74) is -3.80. The fourth-order valence-corrected chi connectivity index (χ4v) is 6.33. The average molecular weight is 784 g/mol. The van der Waals surface area contributed by atoms with Gasteiger partial charge in [0, 0.05) is 38.1 Å². The molecule has 2 aliphatic heterocycles. The fraction of sp³-hybridized carbons (Fsp3) is 0.881. The molecule has 0 spiro atoms. The highest BCUT2D eigenvalue weighted by atomic mass is 16.7. The van der Waals surface area contributed by atoms with E-state index in [1.54, 1.807) is 83.1 Å². The number of hydrogen-bond donors (Lipinski definition) is 0. The Labute approximate surface area is 330 Å². The molecule has 2 saturated heterocycles. The van der Waals surface area contributed by atoms with Gasteiger partial charge in [-0.2, -0.15) is 0 Å². The van der Waals surface area contributed by atoms with Crippen LogP contribution in [0.4, 0.5) is 0 Å². The minimum atomic E-state index is -1.37. The number of carbonyl (C=O) groups excluding carboxylic acids is 5. The molecule has 2 fully saturated rings. The molecule has 13 nitrogen and oxygen atoms in total. The predicted molar refractivity (Wildman–Crippen MR) is 207 cm³/mol. The average Bonchev–Trinajstić information content (AvgIpc) is 3.03. The van der Waals surface area contributed by atoms with Crippen LogP contribution < -0.4 is 0 Å². The fourth-order valence-electron chi connectivity index (χ4n) is 6.33. The molecule has 0 aromatic heterocycles. The summed E-state index contributed by atoms with van der Waals surface area (Å²) in [5.74, 6) is -2.21. The summed E-state index contributed by atoms with van der Waals surface area (Å²) in [4.78, 5) is 70.0. The molecule has 0 saturated carbocycles. The predicted octanol–water partition coefficient (Wildman–Crippen LogP) is 6.95. The zero-order valence-electron chi connectivity index (χ0n) is 36.5. The molecule has 2 aliphatic rings. The van der Waals surface area contributed by atoms with E-state index < -0.39 is 76.2 Å². The molecule has 8 atom stereocenters. The van der Waals surface area contributed by atoms with Crippen molar-refractivity contribution in [2.24, 2.45) is 21.7 Å². The van der Waals surface area contributed by atoms with E-state index >= 15 is 0 Å². The lowest BCUT2D eigenvalue weighted by atomic mass is 9.86. The highest BCUT2D eigenvalue weighted by molar-refractivity contribution is 5.81. The molecule has 0 aromatic rings. The minimum Gasteiger partial charge on any atom is -0.462 e. The summed E-state index contributed by atoms with van der Waals surface area (Å²) >= 11 is 0. The lowest BCUT2D eigenvalue weighted by molar-refractivity contribution is -0.293.